The maximum absolute atomic E-state index is 12.4. The lowest BCUT2D eigenvalue weighted by atomic mass is 10.0. The Morgan fingerprint density at radius 1 is 1.32 bits per heavy atom. The van der Waals surface area contributed by atoms with Gasteiger partial charge in [0.25, 0.3) is 0 Å². The van der Waals surface area contributed by atoms with Crippen LogP contribution in [0.4, 0.5) is 9.93 Å². The first kappa shape index (κ1) is 16.7. The molecule has 22 heavy (non-hydrogen) atoms. The maximum Gasteiger partial charge on any atom is 0.410 e. The highest BCUT2D eigenvalue weighted by Gasteiger charge is 2.35. The Bertz CT molecular complexity index is 553. The van der Waals surface area contributed by atoms with Crippen LogP contribution in [0.1, 0.15) is 45.0 Å². The Labute approximate surface area is 134 Å². The number of amides is 2. The number of nitrogens with one attached hydrogen (secondary N) is 1. The van der Waals surface area contributed by atoms with Gasteiger partial charge in [-0.05, 0) is 47.0 Å². The normalized spacial score (nSPS) is 18.9. The van der Waals surface area contributed by atoms with Crippen LogP contribution in [0, 0.1) is 6.92 Å². The first-order valence-corrected chi connectivity index (χ1v) is 8.18. The molecular formula is C14H22N4O3S. The van der Waals surface area contributed by atoms with E-state index < -0.39 is 17.7 Å². The summed E-state index contributed by atoms with van der Waals surface area (Å²) in [6, 6.07) is -0.521. The molecule has 8 heteroatoms. The lowest BCUT2D eigenvalue weighted by Crippen LogP contribution is -2.51. The van der Waals surface area contributed by atoms with Crippen molar-refractivity contribution in [1.29, 1.82) is 0 Å². The first-order valence-electron chi connectivity index (χ1n) is 7.37. The third-order valence-electron chi connectivity index (χ3n) is 3.19. The second-order valence-electron chi connectivity index (χ2n) is 6.30. The van der Waals surface area contributed by atoms with Gasteiger partial charge in [0.2, 0.25) is 11.0 Å². The van der Waals surface area contributed by atoms with Gasteiger partial charge in [-0.15, -0.1) is 10.2 Å². The van der Waals surface area contributed by atoms with Crippen LogP contribution < -0.4 is 5.32 Å². The zero-order chi connectivity index (χ0) is 16.3. The number of hydrogen-bond donors (Lipinski definition) is 1. The first-order chi connectivity index (χ1) is 10.3. The summed E-state index contributed by atoms with van der Waals surface area (Å²) in [6.07, 6.45) is 1.97. The van der Waals surface area contributed by atoms with E-state index in [0.717, 1.165) is 17.8 Å². The Hall–Kier alpha value is -1.70. The highest BCUT2D eigenvalue weighted by molar-refractivity contribution is 7.15. The van der Waals surface area contributed by atoms with E-state index in [1.54, 1.807) is 0 Å². The monoisotopic (exact) mass is 326 g/mol. The zero-order valence-corrected chi connectivity index (χ0v) is 14.2. The quantitative estimate of drug-likeness (QED) is 0.903. The predicted molar refractivity (Wildman–Crippen MR) is 83.9 cm³/mol. The van der Waals surface area contributed by atoms with Gasteiger partial charge in [0.15, 0.2) is 0 Å². The number of rotatable bonds is 2. The molecule has 0 aliphatic carbocycles. The number of aryl methyl sites for hydroxylation is 1. The van der Waals surface area contributed by atoms with Crippen molar-refractivity contribution in [2.75, 3.05) is 11.9 Å². The Balaban J connectivity index is 2.05. The SMILES string of the molecule is Cc1nnc(NC(=O)[C@H]2CCCCN2C(=O)OC(C)(C)C)s1. The second-order valence-corrected chi connectivity index (χ2v) is 7.48. The summed E-state index contributed by atoms with van der Waals surface area (Å²) < 4.78 is 5.39. The number of anilines is 1. The van der Waals surface area contributed by atoms with Crippen LogP contribution in [0.25, 0.3) is 0 Å². The van der Waals surface area contributed by atoms with Gasteiger partial charge in [-0.2, -0.15) is 0 Å². The Morgan fingerprint density at radius 3 is 2.64 bits per heavy atom. The molecule has 1 aromatic rings. The lowest BCUT2D eigenvalue weighted by Gasteiger charge is -2.35. The van der Waals surface area contributed by atoms with Crippen molar-refractivity contribution in [3.8, 4) is 0 Å². The van der Waals surface area contributed by atoms with Crippen LogP contribution >= 0.6 is 11.3 Å². The Kier molecular flexibility index (Phi) is 5.00. The number of carbonyl (C=O) groups is 2. The number of nitrogens with zero attached hydrogens (tertiary/aromatic N) is 3. The van der Waals surface area contributed by atoms with Gasteiger partial charge in [0, 0.05) is 6.54 Å². The van der Waals surface area contributed by atoms with Crippen LogP contribution in [-0.2, 0) is 9.53 Å². The second kappa shape index (κ2) is 6.60. The van der Waals surface area contributed by atoms with Gasteiger partial charge in [0.1, 0.15) is 16.7 Å². The van der Waals surface area contributed by atoms with Gasteiger partial charge in [-0.25, -0.2) is 4.79 Å². The molecule has 0 unspecified atom stereocenters. The fraction of sp³-hybridized carbons (Fsp3) is 0.714. The van der Waals surface area contributed by atoms with Gasteiger partial charge < -0.3 is 4.74 Å². The van der Waals surface area contributed by atoms with E-state index in [-0.39, 0.29) is 5.91 Å². The summed E-state index contributed by atoms with van der Waals surface area (Å²) in [4.78, 5) is 26.2. The van der Waals surface area contributed by atoms with Crippen LogP contribution in [0.2, 0.25) is 0 Å². The van der Waals surface area contributed by atoms with E-state index in [4.69, 9.17) is 4.74 Å². The molecule has 0 spiro atoms. The molecule has 2 heterocycles. The highest BCUT2D eigenvalue weighted by atomic mass is 32.1. The summed E-state index contributed by atoms with van der Waals surface area (Å²) in [5.74, 6) is -0.235. The standard InChI is InChI=1S/C14H22N4O3S/c1-9-16-17-12(22-9)15-11(19)10-7-5-6-8-18(10)13(20)21-14(2,3)4/h10H,5-8H2,1-4H3,(H,15,17,19)/t10-/m1/s1. The van der Waals surface area contributed by atoms with E-state index in [9.17, 15) is 9.59 Å². The summed E-state index contributed by atoms with van der Waals surface area (Å²) in [5.41, 5.74) is -0.577. The molecule has 122 valence electrons. The average molecular weight is 326 g/mol. The van der Waals surface area contributed by atoms with E-state index in [1.165, 1.54) is 16.2 Å². The largest absolute Gasteiger partial charge is 0.444 e. The molecule has 1 saturated heterocycles. The van der Waals surface area contributed by atoms with Crippen molar-refractivity contribution >= 4 is 28.5 Å². The van der Waals surface area contributed by atoms with Crippen molar-refractivity contribution in [3.63, 3.8) is 0 Å². The summed E-state index contributed by atoms with van der Waals surface area (Å²) >= 11 is 1.31. The van der Waals surface area contributed by atoms with Crippen LogP contribution in [0.5, 0.6) is 0 Å². The zero-order valence-electron chi connectivity index (χ0n) is 13.4. The number of likely N-dealkylation sites (tertiary alicyclic amines) is 1. The van der Waals surface area contributed by atoms with E-state index in [1.807, 2.05) is 27.7 Å². The maximum atomic E-state index is 12.4. The van der Waals surface area contributed by atoms with Crippen LogP contribution in [0.3, 0.4) is 0 Å². The molecule has 2 rings (SSSR count). The minimum atomic E-state index is -0.577. The molecule has 1 aliphatic heterocycles. The van der Waals surface area contributed by atoms with E-state index in [2.05, 4.69) is 15.5 Å². The van der Waals surface area contributed by atoms with Gasteiger partial charge in [0.05, 0.1) is 0 Å². The molecular weight excluding hydrogens is 304 g/mol. The predicted octanol–water partition coefficient (Wildman–Crippen LogP) is 2.57. The molecule has 7 nitrogen and oxygen atoms in total. The van der Waals surface area contributed by atoms with Gasteiger partial charge in [-0.3, -0.25) is 15.0 Å². The summed E-state index contributed by atoms with van der Waals surface area (Å²) in [5, 5.41) is 11.7. The minimum Gasteiger partial charge on any atom is -0.444 e. The molecule has 2 amide bonds. The molecule has 1 aliphatic rings. The minimum absolute atomic E-state index is 0.235. The molecule has 0 radical (unpaired) electrons. The van der Waals surface area contributed by atoms with Gasteiger partial charge in [-0.1, -0.05) is 11.3 Å². The number of ether oxygens (including phenoxy) is 1. The smallest absolute Gasteiger partial charge is 0.410 e. The fourth-order valence-corrected chi connectivity index (χ4v) is 2.87. The van der Waals surface area contributed by atoms with Crippen molar-refractivity contribution < 1.29 is 14.3 Å². The van der Waals surface area contributed by atoms with E-state index in [0.29, 0.717) is 18.1 Å². The van der Waals surface area contributed by atoms with Gasteiger partial charge >= 0.3 is 6.09 Å². The Morgan fingerprint density at radius 2 is 2.05 bits per heavy atom. The molecule has 1 atom stereocenters. The highest BCUT2D eigenvalue weighted by Crippen LogP contribution is 2.22. The molecule has 1 aromatic heterocycles. The molecule has 0 bridgehead atoms. The van der Waals surface area contributed by atoms with Crippen molar-refractivity contribution in [2.24, 2.45) is 0 Å². The molecule has 0 saturated carbocycles. The van der Waals surface area contributed by atoms with Crippen LogP contribution in [-0.4, -0.2) is 45.3 Å². The third-order valence-corrected chi connectivity index (χ3v) is 3.94. The molecule has 1 N–H and O–H groups in total. The average Bonchev–Trinajstić information content (AvgIpc) is 2.82. The number of carbonyl (C=O) groups excluding carboxylic acids is 2. The fourth-order valence-electron chi connectivity index (χ4n) is 2.28. The van der Waals surface area contributed by atoms with E-state index >= 15 is 0 Å². The number of aromatic nitrogens is 2. The summed E-state index contributed by atoms with van der Waals surface area (Å²) in [7, 11) is 0. The number of piperidine rings is 1. The molecule has 0 aromatic carbocycles. The van der Waals surface area contributed by atoms with Crippen molar-refractivity contribution in [2.45, 2.75) is 58.6 Å². The van der Waals surface area contributed by atoms with Crippen LogP contribution in [0.15, 0.2) is 0 Å². The third kappa shape index (κ3) is 4.40. The number of hydrogen-bond acceptors (Lipinski definition) is 6. The van der Waals surface area contributed by atoms with Crippen molar-refractivity contribution in [3.05, 3.63) is 5.01 Å². The van der Waals surface area contributed by atoms with Crippen molar-refractivity contribution in [1.82, 2.24) is 15.1 Å². The topological polar surface area (TPSA) is 84.4 Å². The summed E-state index contributed by atoms with van der Waals surface area (Å²) in [6.45, 7) is 7.79. The lowest BCUT2D eigenvalue weighted by molar-refractivity contribution is -0.122. The molecule has 1 fully saturated rings.